The summed E-state index contributed by atoms with van der Waals surface area (Å²) in [5.41, 5.74) is 1.15. The highest BCUT2D eigenvalue weighted by molar-refractivity contribution is 5.37. The largest absolute Gasteiger partial charge is 0.491 e. The molecule has 2 aromatic rings. The van der Waals surface area contributed by atoms with Crippen LogP contribution < -0.4 is 15.0 Å². The van der Waals surface area contributed by atoms with Crippen molar-refractivity contribution < 1.29 is 9.84 Å². The lowest BCUT2D eigenvalue weighted by molar-refractivity contribution is 0.103. The van der Waals surface area contributed by atoms with Crippen molar-refractivity contribution in [1.82, 2.24) is 15.5 Å². The smallest absolute Gasteiger partial charge is 0.151 e. The van der Waals surface area contributed by atoms with Crippen LogP contribution in [0.5, 0.6) is 5.75 Å². The molecular formula is C19H26N4O2. The Balaban J connectivity index is 1.41. The first-order chi connectivity index (χ1) is 12.2. The lowest BCUT2D eigenvalue weighted by atomic mass is 10.1. The van der Waals surface area contributed by atoms with Crippen LogP contribution in [0, 0.1) is 6.92 Å². The van der Waals surface area contributed by atoms with Crippen LogP contribution in [-0.4, -0.2) is 53.7 Å². The molecule has 0 unspecified atom stereocenters. The average molecular weight is 342 g/mol. The van der Waals surface area contributed by atoms with Gasteiger partial charge in [0, 0.05) is 31.9 Å². The van der Waals surface area contributed by atoms with Gasteiger partial charge in [-0.3, -0.25) is 0 Å². The first-order valence-electron chi connectivity index (χ1n) is 8.84. The summed E-state index contributed by atoms with van der Waals surface area (Å²) in [5, 5.41) is 21.7. The molecule has 1 aliphatic rings. The highest BCUT2D eigenvalue weighted by Crippen LogP contribution is 2.17. The van der Waals surface area contributed by atoms with Crippen molar-refractivity contribution in [3.8, 4) is 5.75 Å². The third kappa shape index (κ3) is 5.41. The van der Waals surface area contributed by atoms with Gasteiger partial charge in [-0.15, -0.1) is 5.10 Å². The fourth-order valence-corrected chi connectivity index (χ4v) is 3.07. The van der Waals surface area contributed by atoms with Crippen LogP contribution in [0.2, 0.25) is 0 Å². The number of aliphatic hydroxyl groups excluding tert-OH is 1. The maximum Gasteiger partial charge on any atom is 0.151 e. The molecule has 2 atom stereocenters. The van der Waals surface area contributed by atoms with Crippen molar-refractivity contribution in [2.24, 2.45) is 0 Å². The van der Waals surface area contributed by atoms with Crippen molar-refractivity contribution >= 4 is 5.82 Å². The van der Waals surface area contributed by atoms with Gasteiger partial charge in [0.2, 0.25) is 0 Å². The maximum atomic E-state index is 10.2. The van der Waals surface area contributed by atoms with E-state index in [1.807, 2.05) is 43.3 Å². The number of rotatable bonds is 7. The molecule has 1 aliphatic heterocycles. The van der Waals surface area contributed by atoms with Crippen LogP contribution in [0.3, 0.4) is 0 Å². The molecule has 0 spiro atoms. The van der Waals surface area contributed by atoms with Crippen LogP contribution in [-0.2, 0) is 0 Å². The second kappa shape index (κ2) is 8.78. The molecule has 1 saturated heterocycles. The molecule has 1 fully saturated rings. The number of hydrogen-bond acceptors (Lipinski definition) is 6. The summed E-state index contributed by atoms with van der Waals surface area (Å²) in [4.78, 5) is 2.24. The van der Waals surface area contributed by atoms with Gasteiger partial charge in [0.25, 0.3) is 0 Å². The van der Waals surface area contributed by atoms with E-state index in [-0.39, 0.29) is 6.61 Å². The second-order valence-corrected chi connectivity index (χ2v) is 6.56. The zero-order chi connectivity index (χ0) is 17.5. The molecule has 0 radical (unpaired) electrons. The Morgan fingerprint density at radius 1 is 1.36 bits per heavy atom. The van der Waals surface area contributed by atoms with Crippen LogP contribution in [0.4, 0.5) is 5.82 Å². The minimum absolute atomic E-state index is 0.289. The van der Waals surface area contributed by atoms with Gasteiger partial charge in [0.05, 0.1) is 0 Å². The zero-order valence-corrected chi connectivity index (χ0v) is 14.6. The van der Waals surface area contributed by atoms with E-state index >= 15 is 0 Å². The summed E-state index contributed by atoms with van der Waals surface area (Å²) >= 11 is 0. The van der Waals surface area contributed by atoms with E-state index in [9.17, 15) is 5.11 Å². The van der Waals surface area contributed by atoms with Crippen LogP contribution in [0.1, 0.15) is 18.4 Å². The van der Waals surface area contributed by atoms with Gasteiger partial charge >= 0.3 is 0 Å². The zero-order valence-electron chi connectivity index (χ0n) is 14.6. The van der Waals surface area contributed by atoms with Crippen molar-refractivity contribution in [1.29, 1.82) is 0 Å². The van der Waals surface area contributed by atoms with Gasteiger partial charge in [-0.1, -0.05) is 12.1 Å². The second-order valence-electron chi connectivity index (χ2n) is 6.56. The normalized spacial score (nSPS) is 18.8. The minimum atomic E-state index is -0.535. The summed E-state index contributed by atoms with van der Waals surface area (Å²) in [6.45, 7) is 4.71. The fourth-order valence-electron chi connectivity index (χ4n) is 3.07. The summed E-state index contributed by atoms with van der Waals surface area (Å²) in [6, 6.07) is 12.1. The van der Waals surface area contributed by atoms with Gasteiger partial charge in [0.1, 0.15) is 18.5 Å². The summed E-state index contributed by atoms with van der Waals surface area (Å²) in [7, 11) is 0. The summed E-state index contributed by atoms with van der Waals surface area (Å²) < 4.78 is 5.66. The molecule has 25 heavy (non-hydrogen) atoms. The summed E-state index contributed by atoms with van der Waals surface area (Å²) in [5.74, 6) is 1.71. The molecule has 0 amide bonds. The van der Waals surface area contributed by atoms with E-state index in [2.05, 4.69) is 20.4 Å². The molecule has 134 valence electrons. The van der Waals surface area contributed by atoms with Gasteiger partial charge in [-0.2, -0.15) is 5.10 Å². The molecule has 1 aromatic heterocycles. The van der Waals surface area contributed by atoms with Crippen LogP contribution in [0.25, 0.3) is 0 Å². The Hall–Kier alpha value is -2.18. The average Bonchev–Trinajstić information content (AvgIpc) is 2.66. The number of nitrogens with zero attached hydrogens (tertiary/aromatic N) is 3. The van der Waals surface area contributed by atoms with Crippen molar-refractivity contribution in [2.75, 3.05) is 31.1 Å². The first-order valence-corrected chi connectivity index (χ1v) is 8.84. The lowest BCUT2D eigenvalue weighted by Crippen LogP contribution is -2.48. The SMILES string of the molecule is Cc1cccc(OC[C@@H](O)CN[C@H]2CCCN(c3cccnn3)C2)c1. The quantitative estimate of drug-likeness (QED) is 0.799. The van der Waals surface area contributed by atoms with E-state index < -0.39 is 6.10 Å². The minimum Gasteiger partial charge on any atom is -0.491 e. The molecule has 2 N–H and O–H groups in total. The number of anilines is 1. The third-order valence-corrected chi connectivity index (χ3v) is 4.38. The van der Waals surface area contributed by atoms with Crippen molar-refractivity contribution in [2.45, 2.75) is 31.9 Å². The number of hydrogen-bond donors (Lipinski definition) is 2. The Labute approximate surface area is 148 Å². The Kier molecular flexibility index (Phi) is 6.19. The molecule has 0 saturated carbocycles. The molecule has 6 heteroatoms. The highest BCUT2D eigenvalue weighted by atomic mass is 16.5. The molecule has 2 heterocycles. The fraction of sp³-hybridized carbons (Fsp3) is 0.474. The standard InChI is InChI=1S/C19H26N4O2/c1-15-5-2-7-18(11-15)25-14-17(24)12-20-16-6-4-10-23(13-16)19-8-3-9-21-22-19/h2-3,5,7-9,11,16-17,20,24H,4,6,10,12-14H2,1H3/t16-,17-/m0/s1. The molecule has 0 bridgehead atoms. The topological polar surface area (TPSA) is 70.5 Å². The van der Waals surface area contributed by atoms with E-state index in [0.29, 0.717) is 12.6 Å². The highest BCUT2D eigenvalue weighted by Gasteiger charge is 2.21. The molecule has 6 nitrogen and oxygen atoms in total. The van der Waals surface area contributed by atoms with Gasteiger partial charge < -0.3 is 20.1 Å². The van der Waals surface area contributed by atoms with Gasteiger partial charge in [-0.05, 0) is 49.6 Å². The lowest BCUT2D eigenvalue weighted by Gasteiger charge is -2.34. The molecule has 0 aliphatic carbocycles. The Morgan fingerprint density at radius 2 is 2.28 bits per heavy atom. The molecule has 3 rings (SSSR count). The number of aryl methyl sites for hydroxylation is 1. The van der Waals surface area contributed by atoms with E-state index in [4.69, 9.17) is 4.74 Å². The number of ether oxygens (including phenoxy) is 1. The van der Waals surface area contributed by atoms with E-state index in [1.165, 1.54) is 0 Å². The van der Waals surface area contributed by atoms with Gasteiger partial charge in [0.15, 0.2) is 5.82 Å². The van der Waals surface area contributed by atoms with Gasteiger partial charge in [-0.25, -0.2) is 0 Å². The number of piperidine rings is 1. The van der Waals surface area contributed by atoms with Crippen molar-refractivity contribution in [3.05, 3.63) is 48.2 Å². The number of aliphatic hydroxyl groups is 1. The number of aromatic nitrogens is 2. The third-order valence-electron chi connectivity index (χ3n) is 4.38. The van der Waals surface area contributed by atoms with Crippen LogP contribution in [0.15, 0.2) is 42.6 Å². The monoisotopic (exact) mass is 342 g/mol. The van der Waals surface area contributed by atoms with Crippen molar-refractivity contribution in [3.63, 3.8) is 0 Å². The van der Waals surface area contributed by atoms with Crippen LogP contribution >= 0.6 is 0 Å². The van der Waals surface area contributed by atoms with E-state index in [0.717, 1.165) is 43.1 Å². The number of nitrogens with one attached hydrogen (secondary N) is 1. The predicted octanol–water partition coefficient (Wildman–Crippen LogP) is 1.78. The Morgan fingerprint density at radius 3 is 3.08 bits per heavy atom. The Bertz CT molecular complexity index is 653. The number of benzene rings is 1. The first kappa shape index (κ1) is 17.6. The summed E-state index contributed by atoms with van der Waals surface area (Å²) in [6.07, 6.45) is 3.35. The molecule has 1 aromatic carbocycles. The molecular weight excluding hydrogens is 316 g/mol. The van der Waals surface area contributed by atoms with E-state index in [1.54, 1.807) is 6.20 Å². The maximum absolute atomic E-state index is 10.2. The predicted molar refractivity (Wildman–Crippen MR) is 98.0 cm³/mol.